The number of aryl methyl sites for hydroxylation is 2. The van der Waals surface area contributed by atoms with Crippen molar-refractivity contribution in [3.8, 4) is 0 Å². The average Bonchev–Trinajstić information content (AvgIpc) is 3.49. The van der Waals surface area contributed by atoms with Gasteiger partial charge in [0, 0.05) is 51.2 Å². The van der Waals surface area contributed by atoms with Gasteiger partial charge in [0.05, 0.1) is 0 Å². The molecule has 0 aromatic heterocycles. The minimum atomic E-state index is -0.135. The molecular weight excluding hydrogens is 858 g/mol. The lowest BCUT2D eigenvalue weighted by molar-refractivity contribution is 0.332. The molecule has 0 saturated carbocycles. The van der Waals surface area contributed by atoms with E-state index in [1.165, 1.54) is 101 Å². The highest BCUT2D eigenvalue weighted by Gasteiger charge is 2.49. The second-order valence-electron chi connectivity index (χ2n) is 26.6. The van der Waals surface area contributed by atoms with E-state index in [-0.39, 0.29) is 39.2 Å². The van der Waals surface area contributed by atoms with Gasteiger partial charge in [0.2, 0.25) is 0 Å². The molecule has 362 valence electrons. The molecule has 7 aromatic carbocycles. The lowest BCUT2D eigenvalue weighted by Crippen LogP contribution is -2.61. The summed E-state index contributed by atoms with van der Waals surface area (Å²) in [5.74, 6) is 0. The van der Waals surface area contributed by atoms with E-state index in [0.29, 0.717) is 0 Å². The first-order valence-corrected chi connectivity index (χ1v) is 26.6. The molecule has 0 atom stereocenters. The Hall–Kier alpha value is -6.00. The number of anilines is 9. The van der Waals surface area contributed by atoms with Crippen LogP contribution in [0.25, 0.3) is 0 Å². The number of para-hydroxylation sites is 2. The number of hydrogen-bond donors (Lipinski definition) is 0. The molecular formula is C67H76BN3. The third kappa shape index (κ3) is 7.51. The molecule has 0 spiro atoms. The van der Waals surface area contributed by atoms with E-state index in [1.807, 2.05) is 0 Å². The highest BCUT2D eigenvalue weighted by Crippen LogP contribution is 2.55. The third-order valence-corrected chi connectivity index (χ3v) is 17.4. The van der Waals surface area contributed by atoms with Gasteiger partial charge in [-0.15, -0.1) is 0 Å². The number of hydrogen-bond acceptors (Lipinski definition) is 3. The van der Waals surface area contributed by atoms with E-state index in [0.717, 1.165) is 29.9 Å². The maximum atomic E-state index is 2.71. The molecule has 2 aliphatic carbocycles. The molecule has 7 aromatic rings. The molecule has 0 fully saturated rings. The summed E-state index contributed by atoms with van der Waals surface area (Å²) < 4.78 is 0. The Labute approximate surface area is 427 Å². The molecule has 0 saturated heterocycles. The van der Waals surface area contributed by atoms with Gasteiger partial charge in [0.15, 0.2) is 0 Å². The van der Waals surface area contributed by atoms with E-state index >= 15 is 0 Å². The quantitative estimate of drug-likeness (QED) is 0.159. The summed E-state index contributed by atoms with van der Waals surface area (Å²) in [5.41, 5.74) is 26.5. The van der Waals surface area contributed by atoms with Crippen LogP contribution >= 0.6 is 0 Å². The van der Waals surface area contributed by atoms with Crippen molar-refractivity contribution in [2.45, 2.75) is 163 Å². The zero-order valence-corrected chi connectivity index (χ0v) is 45.7. The molecule has 4 heteroatoms. The van der Waals surface area contributed by atoms with E-state index in [9.17, 15) is 0 Å². The van der Waals surface area contributed by atoms with Gasteiger partial charge in [-0.2, -0.15) is 0 Å². The van der Waals surface area contributed by atoms with E-state index in [2.05, 4.69) is 259 Å². The SMILES string of the molecule is Cc1cc(C(C)(C)C)ccc1N1c2cc3c(cc2B2c4ccc(N(c5ccccc5)c5ccccc5)cc4N(c4cc5c(cc4C)C(C)(C)CCC5(C)C)c4cc(C(C)(C)C)cc1c42)C(C)(C)CC3(C)C. The molecule has 0 radical (unpaired) electrons. The number of fused-ring (bicyclic) bond motifs is 6. The molecule has 2 aliphatic heterocycles. The van der Waals surface area contributed by atoms with Gasteiger partial charge in [-0.3, -0.25) is 0 Å². The van der Waals surface area contributed by atoms with Crippen molar-refractivity contribution in [3.05, 3.63) is 178 Å². The summed E-state index contributed by atoms with van der Waals surface area (Å²) in [6.07, 6.45) is 3.46. The van der Waals surface area contributed by atoms with Crippen molar-refractivity contribution in [1.82, 2.24) is 0 Å². The predicted octanol–water partition coefficient (Wildman–Crippen LogP) is 16.8. The van der Waals surface area contributed by atoms with Crippen molar-refractivity contribution >= 4 is 74.3 Å². The Morgan fingerprint density at radius 2 is 0.887 bits per heavy atom. The maximum absolute atomic E-state index is 2.71. The van der Waals surface area contributed by atoms with Crippen LogP contribution in [0.3, 0.4) is 0 Å². The second-order valence-corrected chi connectivity index (χ2v) is 26.6. The summed E-state index contributed by atoms with van der Waals surface area (Å²) in [7, 11) is 0. The Morgan fingerprint density at radius 1 is 0.408 bits per heavy atom. The van der Waals surface area contributed by atoms with Crippen LogP contribution in [0.5, 0.6) is 0 Å². The molecule has 0 unspecified atom stereocenters. The van der Waals surface area contributed by atoms with Crippen LogP contribution in [0.15, 0.2) is 133 Å². The molecule has 4 aliphatic rings. The zero-order valence-electron chi connectivity index (χ0n) is 45.7. The van der Waals surface area contributed by atoms with Gasteiger partial charge in [0.25, 0.3) is 6.71 Å². The summed E-state index contributed by atoms with van der Waals surface area (Å²) in [6.45, 7) is 38.6. The molecule has 3 nitrogen and oxygen atoms in total. The fourth-order valence-electron chi connectivity index (χ4n) is 13.5. The normalized spacial score (nSPS) is 17.8. The highest BCUT2D eigenvalue weighted by atomic mass is 15.2. The van der Waals surface area contributed by atoms with Crippen molar-refractivity contribution in [2.24, 2.45) is 0 Å². The van der Waals surface area contributed by atoms with Gasteiger partial charge in [-0.25, -0.2) is 0 Å². The smallest absolute Gasteiger partial charge is 0.252 e. The minimum Gasteiger partial charge on any atom is -0.311 e. The zero-order chi connectivity index (χ0) is 50.5. The van der Waals surface area contributed by atoms with Gasteiger partial charge in [-0.05, 0) is 193 Å². The fourth-order valence-corrected chi connectivity index (χ4v) is 13.5. The van der Waals surface area contributed by atoms with Crippen LogP contribution in [-0.4, -0.2) is 6.71 Å². The Kier molecular flexibility index (Phi) is 10.5. The van der Waals surface area contributed by atoms with Crippen LogP contribution in [0.1, 0.15) is 161 Å². The molecule has 11 rings (SSSR count). The molecule has 0 bridgehead atoms. The van der Waals surface area contributed by atoms with E-state index < -0.39 is 0 Å². The number of rotatable bonds is 5. The van der Waals surface area contributed by atoms with Crippen LogP contribution in [0, 0.1) is 13.8 Å². The lowest BCUT2D eigenvalue weighted by atomic mass is 9.33. The summed E-state index contributed by atoms with van der Waals surface area (Å²) in [4.78, 5) is 7.84. The van der Waals surface area contributed by atoms with Gasteiger partial charge in [0.1, 0.15) is 0 Å². The fraction of sp³-hybridized carbons (Fsp3) is 0.373. The molecule has 2 heterocycles. The molecule has 71 heavy (non-hydrogen) atoms. The monoisotopic (exact) mass is 934 g/mol. The first kappa shape index (κ1) is 47.3. The summed E-state index contributed by atoms with van der Waals surface area (Å²) in [5, 5.41) is 0. The predicted molar refractivity (Wildman–Crippen MR) is 308 cm³/mol. The first-order valence-electron chi connectivity index (χ1n) is 26.6. The van der Waals surface area contributed by atoms with Crippen molar-refractivity contribution < 1.29 is 0 Å². The standard InChI is InChI=1S/C67H76BN3/c1-42-33-44(62(3,4)5)27-30-55(42)70-58-40-52-50(66(13,14)41-67(52,15)16)38-54(58)68-53-29-28-48(69(46-23-19-17-20-24-46)47-25-21-18-22-26-47)37-57(53)71(60-36-45(63(6,7)8)35-59(70)61(60)68)56-39-51-49(34-43(56)2)64(9,10)31-32-65(51,11)12/h17-30,33-40H,31-32,41H2,1-16H3. The van der Waals surface area contributed by atoms with Crippen LogP contribution < -0.4 is 31.1 Å². The van der Waals surface area contributed by atoms with Crippen molar-refractivity contribution in [2.75, 3.05) is 14.7 Å². The third-order valence-electron chi connectivity index (χ3n) is 17.4. The Bertz CT molecular complexity index is 3250. The van der Waals surface area contributed by atoms with Crippen molar-refractivity contribution in [3.63, 3.8) is 0 Å². The lowest BCUT2D eigenvalue weighted by Gasteiger charge is -2.47. The van der Waals surface area contributed by atoms with Crippen LogP contribution in [-0.2, 0) is 32.5 Å². The molecule has 0 N–H and O–H groups in total. The van der Waals surface area contributed by atoms with Gasteiger partial charge >= 0.3 is 0 Å². The van der Waals surface area contributed by atoms with Crippen LogP contribution in [0.4, 0.5) is 51.2 Å². The van der Waals surface area contributed by atoms with E-state index in [1.54, 1.807) is 0 Å². The topological polar surface area (TPSA) is 9.72 Å². The maximum Gasteiger partial charge on any atom is 0.252 e. The second kappa shape index (κ2) is 15.8. The number of benzene rings is 7. The van der Waals surface area contributed by atoms with Crippen LogP contribution in [0.2, 0.25) is 0 Å². The molecule has 0 amide bonds. The average molecular weight is 934 g/mol. The largest absolute Gasteiger partial charge is 0.311 e. The summed E-state index contributed by atoms with van der Waals surface area (Å²) in [6, 6.07) is 52.2. The number of nitrogens with zero attached hydrogens (tertiary/aromatic N) is 3. The van der Waals surface area contributed by atoms with E-state index in [4.69, 9.17) is 0 Å². The Balaban J connectivity index is 1.28. The first-order chi connectivity index (χ1) is 33.3. The van der Waals surface area contributed by atoms with Gasteiger partial charge in [-0.1, -0.05) is 164 Å². The highest BCUT2D eigenvalue weighted by molar-refractivity contribution is 7.00. The Morgan fingerprint density at radius 3 is 1.44 bits per heavy atom. The van der Waals surface area contributed by atoms with Crippen molar-refractivity contribution in [1.29, 1.82) is 0 Å². The summed E-state index contributed by atoms with van der Waals surface area (Å²) >= 11 is 0. The minimum absolute atomic E-state index is 0.00487. The van der Waals surface area contributed by atoms with Gasteiger partial charge < -0.3 is 14.7 Å².